The van der Waals surface area contributed by atoms with Gasteiger partial charge in [0.15, 0.2) is 0 Å². The van der Waals surface area contributed by atoms with Crippen LogP contribution in [0.1, 0.15) is 28.7 Å². The van der Waals surface area contributed by atoms with E-state index in [0.717, 1.165) is 21.9 Å². The van der Waals surface area contributed by atoms with Crippen LogP contribution in [-0.4, -0.2) is 23.5 Å². The van der Waals surface area contributed by atoms with Crippen molar-refractivity contribution in [1.29, 1.82) is 0 Å². The molecule has 2 heterocycles. The van der Waals surface area contributed by atoms with Gasteiger partial charge < -0.3 is 19.3 Å². The largest absolute Gasteiger partial charge is 0.481 e. The van der Waals surface area contributed by atoms with Crippen LogP contribution in [0.5, 0.6) is 0 Å². The predicted octanol–water partition coefficient (Wildman–Crippen LogP) is 2.60. The molecule has 2 N–H and O–H groups in total. The van der Waals surface area contributed by atoms with Gasteiger partial charge in [-0.3, -0.25) is 9.59 Å². The topological polar surface area (TPSA) is 110 Å². The number of furan rings is 1. The van der Waals surface area contributed by atoms with Crippen LogP contribution in [0.25, 0.3) is 21.9 Å². The fraction of sp³-hybridized carbons (Fsp3) is 0.316. The van der Waals surface area contributed by atoms with E-state index in [4.69, 9.17) is 13.9 Å². The molecule has 0 aliphatic heterocycles. The zero-order valence-corrected chi connectivity index (χ0v) is 14.8. The van der Waals surface area contributed by atoms with E-state index in [1.165, 1.54) is 0 Å². The van der Waals surface area contributed by atoms with Gasteiger partial charge >= 0.3 is 11.6 Å². The lowest BCUT2D eigenvalue weighted by atomic mass is 9.99. The van der Waals surface area contributed by atoms with Crippen LogP contribution in [0, 0.1) is 20.8 Å². The van der Waals surface area contributed by atoms with Gasteiger partial charge in [0.2, 0.25) is 5.91 Å². The van der Waals surface area contributed by atoms with Crippen molar-refractivity contribution in [3.8, 4) is 0 Å². The van der Waals surface area contributed by atoms with Gasteiger partial charge in [0, 0.05) is 22.9 Å². The summed E-state index contributed by atoms with van der Waals surface area (Å²) in [6, 6.07) is 1.90. The van der Waals surface area contributed by atoms with E-state index >= 15 is 0 Å². The summed E-state index contributed by atoms with van der Waals surface area (Å²) in [4.78, 5) is 34.9. The van der Waals surface area contributed by atoms with Crippen molar-refractivity contribution in [2.75, 3.05) is 6.54 Å². The number of rotatable bonds is 5. The molecule has 7 nitrogen and oxygen atoms in total. The van der Waals surface area contributed by atoms with Gasteiger partial charge in [-0.15, -0.1) is 0 Å². The lowest BCUT2D eigenvalue weighted by Crippen LogP contribution is -2.29. The number of carbonyl (C=O) groups is 2. The lowest BCUT2D eigenvalue weighted by Gasteiger charge is -2.10. The number of hydrogen-bond acceptors (Lipinski definition) is 5. The highest BCUT2D eigenvalue weighted by Gasteiger charge is 2.19. The van der Waals surface area contributed by atoms with Gasteiger partial charge in [0.05, 0.1) is 24.7 Å². The Morgan fingerprint density at radius 3 is 2.54 bits per heavy atom. The normalized spacial score (nSPS) is 11.2. The Bertz CT molecular complexity index is 1090. The van der Waals surface area contributed by atoms with Crippen molar-refractivity contribution in [1.82, 2.24) is 5.32 Å². The highest BCUT2D eigenvalue weighted by atomic mass is 16.4. The van der Waals surface area contributed by atoms with Gasteiger partial charge in [-0.05, 0) is 38.0 Å². The minimum atomic E-state index is -0.998. The van der Waals surface area contributed by atoms with Crippen molar-refractivity contribution in [2.24, 2.45) is 0 Å². The fourth-order valence-corrected chi connectivity index (χ4v) is 3.05. The molecule has 0 radical (unpaired) electrons. The predicted molar refractivity (Wildman–Crippen MR) is 95.4 cm³/mol. The number of aryl methyl sites for hydroxylation is 3. The number of carboxylic acid groups (broad SMARTS) is 1. The average molecular weight is 357 g/mol. The number of nitrogens with one attached hydrogen (secondary N) is 1. The fourth-order valence-electron chi connectivity index (χ4n) is 3.05. The molecule has 0 unspecified atom stereocenters. The van der Waals surface area contributed by atoms with Crippen LogP contribution in [0.2, 0.25) is 0 Å². The van der Waals surface area contributed by atoms with Gasteiger partial charge in [0.1, 0.15) is 11.2 Å². The van der Waals surface area contributed by atoms with Crippen LogP contribution < -0.4 is 10.9 Å². The molecule has 0 saturated carbocycles. The zero-order valence-electron chi connectivity index (χ0n) is 14.8. The second-order valence-electron chi connectivity index (χ2n) is 6.34. The molecule has 1 aromatic carbocycles. The van der Waals surface area contributed by atoms with E-state index in [-0.39, 0.29) is 24.9 Å². The first-order chi connectivity index (χ1) is 12.3. The molecule has 7 heteroatoms. The summed E-state index contributed by atoms with van der Waals surface area (Å²) in [5, 5.41) is 12.8. The number of carbonyl (C=O) groups excluding carboxylic acids is 1. The molecule has 0 spiro atoms. The molecule has 2 aromatic heterocycles. The Morgan fingerprint density at radius 2 is 1.85 bits per heavy atom. The Hall–Kier alpha value is -3.09. The molecule has 136 valence electrons. The Labute approximate surface area is 148 Å². The zero-order chi connectivity index (χ0) is 19.0. The van der Waals surface area contributed by atoms with E-state index < -0.39 is 17.5 Å². The second kappa shape index (κ2) is 6.67. The molecular weight excluding hydrogens is 338 g/mol. The third-order valence-electron chi connectivity index (χ3n) is 4.53. The first kappa shape index (κ1) is 17.7. The maximum atomic E-state index is 12.4. The number of hydrogen-bond donors (Lipinski definition) is 2. The summed E-state index contributed by atoms with van der Waals surface area (Å²) in [6.07, 6.45) is 1.32. The first-order valence-corrected chi connectivity index (χ1v) is 8.21. The van der Waals surface area contributed by atoms with E-state index in [1.807, 2.05) is 19.9 Å². The summed E-state index contributed by atoms with van der Waals surface area (Å²) in [6.45, 7) is 5.55. The lowest BCUT2D eigenvalue weighted by molar-refractivity contribution is -0.136. The number of amides is 1. The van der Waals surface area contributed by atoms with Crippen LogP contribution in [-0.2, 0) is 16.0 Å². The molecule has 0 saturated heterocycles. The molecule has 0 atom stereocenters. The molecule has 3 rings (SSSR count). The molecular formula is C19H19NO6. The minimum Gasteiger partial charge on any atom is -0.481 e. The van der Waals surface area contributed by atoms with Crippen molar-refractivity contribution in [2.45, 2.75) is 33.6 Å². The van der Waals surface area contributed by atoms with Gasteiger partial charge in [0.25, 0.3) is 0 Å². The smallest absolute Gasteiger partial charge is 0.340 e. The molecule has 0 aliphatic rings. The number of benzene rings is 1. The summed E-state index contributed by atoms with van der Waals surface area (Å²) < 4.78 is 11.0. The number of fused-ring (bicyclic) bond motifs is 2. The molecule has 0 fully saturated rings. The van der Waals surface area contributed by atoms with Gasteiger partial charge in [-0.2, -0.15) is 0 Å². The van der Waals surface area contributed by atoms with E-state index in [1.54, 1.807) is 13.2 Å². The van der Waals surface area contributed by atoms with Crippen LogP contribution in [0.3, 0.4) is 0 Å². The molecule has 3 aromatic rings. The Balaban J connectivity index is 2.03. The van der Waals surface area contributed by atoms with Gasteiger partial charge in [-0.1, -0.05) is 0 Å². The Morgan fingerprint density at radius 1 is 1.12 bits per heavy atom. The van der Waals surface area contributed by atoms with Gasteiger partial charge in [-0.25, -0.2) is 4.79 Å². The molecule has 1 amide bonds. The second-order valence-corrected chi connectivity index (χ2v) is 6.34. The summed E-state index contributed by atoms with van der Waals surface area (Å²) >= 11 is 0. The quantitative estimate of drug-likeness (QED) is 0.679. The Kier molecular flexibility index (Phi) is 4.54. The molecule has 26 heavy (non-hydrogen) atoms. The third kappa shape index (κ3) is 3.08. The number of aliphatic carboxylic acids is 1. The SMILES string of the molecule is Cc1coc2c(C)c3oc(=O)c(CC(=O)NCCC(=O)O)c(C)c3cc12. The maximum absolute atomic E-state index is 12.4. The van der Waals surface area contributed by atoms with Crippen molar-refractivity contribution < 1.29 is 23.5 Å². The van der Waals surface area contributed by atoms with E-state index in [9.17, 15) is 14.4 Å². The minimum absolute atomic E-state index is 0.0140. The van der Waals surface area contributed by atoms with Crippen LogP contribution in [0.4, 0.5) is 0 Å². The summed E-state index contributed by atoms with van der Waals surface area (Å²) in [5.74, 6) is -1.42. The van der Waals surface area contributed by atoms with Crippen molar-refractivity contribution in [3.63, 3.8) is 0 Å². The maximum Gasteiger partial charge on any atom is 0.340 e. The van der Waals surface area contributed by atoms with Crippen molar-refractivity contribution in [3.05, 3.63) is 45.0 Å². The highest BCUT2D eigenvalue weighted by molar-refractivity contribution is 6.00. The highest BCUT2D eigenvalue weighted by Crippen LogP contribution is 2.32. The van der Waals surface area contributed by atoms with E-state index in [0.29, 0.717) is 16.7 Å². The molecule has 0 aliphatic carbocycles. The first-order valence-electron chi connectivity index (χ1n) is 8.21. The van der Waals surface area contributed by atoms with Crippen molar-refractivity contribution >= 4 is 33.8 Å². The third-order valence-corrected chi connectivity index (χ3v) is 4.53. The standard InChI is InChI=1S/C19H19NO6/c1-9-8-25-17-11(3)18-13(6-12(9)17)10(2)14(19(24)26-18)7-15(21)20-5-4-16(22)23/h6,8H,4-5,7H2,1-3H3,(H,20,21)(H,22,23). The average Bonchev–Trinajstić information content (AvgIpc) is 2.94. The van der Waals surface area contributed by atoms with Crippen LogP contribution >= 0.6 is 0 Å². The summed E-state index contributed by atoms with van der Waals surface area (Å²) in [5.41, 5.74) is 3.21. The molecule has 0 bridgehead atoms. The number of carboxylic acids is 1. The van der Waals surface area contributed by atoms with E-state index in [2.05, 4.69) is 5.32 Å². The van der Waals surface area contributed by atoms with Crippen LogP contribution in [0.15, 0.2) is 26.0 Å². The summed E-state index contributed by atoms with van der Waals surface area (Å²) in [7, 11) is 0. The monoisotopic (exact) mass is 357 g/mol.